The SMILES string of the molecule is Cc1cccc(C)c1N(CC(=O)N(C)C1CCCC1)S(C)(=O)=O. The molecule has 2 rings (SSSR count). The first-order valence-corrected chi connectivity index (χ1v) is 9.86. The molecule has 0 saturated heterocycles. The third-order valence-corrected chi connectivity index (χ3v) is 5.75. The number of likely N-dealkylation sites (N-methyl/N-ethyl adjacent to an activating group) is 1. The van der Waals surface area contributed by atoms with Crippen molar-refractivity contribution in [2.75, 3.05) is 24.2 Å². The Morgan fingerprint density at radius 3 is 2.17 bits per heavy atom. The Labute approximate surface area is 139 Å². The zero-order valence-electron chi connectivity index (χ0n) is 14.4. The van der Waals surface area contributed by atoms with E-state index in [1.807, 2.05) is 32.0 Å². The summed E-state index contributed by atoms with van der Waals surface area (Å²) in [5, 5.41) is 0. The Morgan fingerprint density at radius 2 is 1.70 bits per heavy atom. The molecule has 0 aliphatic heterocycles. The van der Waals surface area contributed by atoms with Crippen LogP contribution in [-0.2, 0) is 14.8 Å². The number of carbonyl (C=O) groups excluding carboxylic acids is 1. The molecule has 0 spiro atoms. The van der Waals surface area contributed by atoms with Crippen molar-refractivity contribution in [1.29, 1.82) is 0 Å². The van der Waals surface area contributed by atoms with Crippen molar-refractivity contribution in [2.24, 2.45) is 0 Å². The van der Waals surface area contributed by atoms with E-state index in [4.69, 9.17) is 0 Å². The van der Waals surface area contributed by atoms with Gasteiger partial charge in [0.05, 0.1) is 11.9 Å². The predicted octanol–water partition coefficient (Wildman–Crippen LogP) is 2.47. The second kappa shape index (κ2) is 6.91. The molecular formula is C17H26N2O3S. The normalized spacial score (nSPS) is 15.7. The van der Waals surface area contributed by atoms with Crippen LogP contribution in [0.3, 0.4) is 0 Å². The quantitative estimate of drug-likeness (QED) is 0.829. The number of benzene rings is 1. The van der Waals surface area contributed by atoms with Crippen LogP contribution < -0.4 is 4.31 Å². The van der Waals surface area contributed by atoms with Gasteiger partial charge in [-0.3, -0.25) is 9.10 Å². The molecule has 6 heteroatoms. The van der Waals surface area contributed by atoms with Crippen molar-refractivity contribution in [2.45, 2.75) is 45.6 Å². The van der Waals surface area contributed by atoms with E-state index in [1.165, 1.54) is 4.31 Å². The van der Waals surface area contributed by atoms with Crippen LogP contribution >= 0.6 is 0 Å². The van der Waals surface area contributed by atoms with Crippen molar-refractivity contribution < 1.29 is 13.2 Å². The Morgan fingerprint density at radius 1 is 1.17 bits per heavy atom. The zero-order valence-corrected chi connectivity index (χ0v) is 15.2. The second-order valence-electron chi connectivity index (χ2n) is 6.45. The van der Waals surface area contributed by atoms with Gasteiger partial charge in [0.25, 0.3) is 0 Å². The molecular weight excluding hydrogens is 312 g/mol. The summed E-state index contributed by atoms with van der Waals surface area (Å²) in [5.74, 6) is -0.148. The number of rotatable bonds is 5. The number of sulfonamides is 1. The molecule has 1 saturated carbocycles. The maximum Gasteiger partial charge on any atom is 0.243 e. The van der Waals surface area contributed by atoms with Gasteiger partial charge in [-0.2, -0.15) is 0 Å². The third-order valence-electron chi connectivity index (χ3n) is 4.63. The average molecular weight is 338 g/mol. The highest BCUT2D eigenvalue weighted by atomic mass is 32.2. The first kappa shape index (κ1) is 17.8. The molecule has 128 valence electrons. The molecule has 1 amide bonds. The minimum absolute atomic E-state index is 0.141. The van der Waals surface area contributed by atoms with E-state index in [-0.39, 0.29) is 18.5 Å². The lowest BCUT2D eigenvalue weighted by Gasteiger charge is -2.30. The topological polar surface area (TPSA) is 57.7 Å². The molecule has 0 N–H and O–H groups in total. The van der Waals surface area contributed by atoms with Crippen molar-refractivity contribution >= 4 is 21.6 Å². The summed E-state index contributed by atoms with van der Waals surface area (Å²) in [6.45, 7) is 3.59. The summed E-state index contributed by atoms with van der Waals surface area (Å²) in [4.78, 5) is 14.3. The van der Waals surface area contributed by atoms with Crippen molar-refractivity contribution in [3.8, 4) is 0 Å². The van der Waals surface area contributed by atoms with Crippen LogP contribution in [0.15, 0.2) is 18.2 Å². The number of hydrogen-bond acceptors (Lipinski definition) is 3. The van der Waals surface area contributed by atoms with E-state index >= 15 is 0 Å². The summed E-state index contributed by atoms with van der Waals surface area (Å²) in [6, 6.07) is 5.86. The van der Waals surface area contributed by atoms with Gasteiger partial charge in [-0.15, -0.1) is 0 Å². The highest BCUT2D eigenvalue weighted by Crippen LogP contribution is 2.27. The minimum atomic E-state index is -3.53. The van der Waals surface area contributed by atoms with Crippen molar-refractivity contribution in [3.05, 3.63) is 29.3 Å². The molecule has 0 radical (unpaired) electrons. The van der Waals surface area contributed by atoms with Gasteiger partial charge in [0, 0.05) is 13.1 Å². The average Bonchev–Trinajstić information content (AvgIpc) is 2.98. The Kier molecular flexibility index (Phi) is 5.34. The number of aryl methyl sites for hydroxylation is 2. The van der Waals surface area contributed by atoms with Crippen LogP contribution in [0.4, 0.5) is 5.69 Å². The van der Waals surface area contributed by atoms with E-state index in [0.29, 0.717) is 5.69 Å². The van der Waals surface area contributed by atoms with Gasteiger partial charge in [0.15, 0.2) is 0 Å². The van der Waals surface area contributed by atoms with Crippen LogP contribution in [0.2, 0.25) is 0 Å². The molecule has 0 aromatic heterocycles. The molecule has 1 aliphatic rings. The number of hydrogen-bond donors (Lipinski definition) is 0. The van der Waals surface area contributed by atoms with Crippen LogP contribution in [0.25, 0.3) is 0 Å². The van der Waals surface area contributed by atoms with Gasteiger partial charge in [-0.05, 0) is 37.8 Å². The number of para-hydroxylation sites is 1. The van der Waals surface area contributed by atoms with Gasteiger partial charge >= 0.3 is 0 Å². The van der Waals surface area contributed by atoms with E-state index < -0.39 is 10.0 Å². The van der Waals surface area contributed by atoms with E-state index in [9.17, 15) is 13.2 Å². The molecule has 1 aliphatic carbocycles. The molecule has 0 unspecified atom stereocenters. The van der Waals surface area contributed by atoms with Gasteiger partial charge in [0.2, 0.25) is 15.9 Å². The van der Waals surface area contributed by atoms with E-state index in [2.05, 4.69) is 0 Å². The molecule has 1 aromatic carbocycles. The third kappa shape index (κ3) is 4.05. The second-order valence-corrected chi connectivity index (χ2v) is 8.36. The Hall–Kier alpha value is -1.56. The largest absolute Gasteiger partial charge is 0.341 e. The fraction of sp³-hybridized carbons (Fsp3) is 0.588. The van der Waals surface area contributed by atoms with E-state index in [1.54, 1.807) is 11.9 Å². The fourth-order valence-electron chi connectivity index (χ4n) is 3.29. The number of carbonyl (C=O) groups is 1. The number of nitrogens with zero attached hydrogens (tertiary/aromatic N) is 2. The predicted molar refractivity (Wildman–Crippen MR) is 93.1 cm³/mol. The van der Waals surface area contributed by atoms with Gasteiger partial charge < -0.3 is 4.90 Å². The van der Waals surface area contributed by atoms with Crippen molar-refractivity contribution in [1.82, 2.24) is 4.90 Å². The van der Waals surface area contributed by atoms with Gasteiger partial charge in [-0.25, -0.2) is 8.42 Å². The Balaban J connectivity index is 2.28. The van der Waals surface area contributed by atoms with E-state index in [0.717, 1.165) is 43.1 Å². The summed E-state index contributed by atoms with van der Waals surface area (Å²) < 4.78 is 25.8. The Bertz CT molecular complexity index is 659. The molecule has 0 bridgehead atoms. The lowest BCUT2D eigenvalue weighted by molar-refractivity contribution is -0.130. The molecule has 23 heavy (non-hydrogen) atoms. The molecule has 0 heterocycles. The van der Waals surface area contributed by atoms with Crippen molar-refractivity contribution in [3.63, 3.8) is 0 Å². The highest BCUT2D eigenvalue weighted by molar-refractivity contribution is 7.92. The number of amides is 1. The first-order chi connectivity index (χ1) is 10.7. The summed E-state index contributed by atoms with van der Waals surface area (Å²) in [6.07, 6.45) is 5.43. The van der Waals surface area contributed by atoms with Gasteiger partial charge in [0.1, 0.15) is 6.54 Å². The fourth-order valence-corrected chi connectivity index (χ4v) is 4.26. The van der Waals surface area contributed by atoms with Crippen LogP contribution in [0, 0.1) is 13.8 Å². The minimum Gasteiger partial charge on any atom is -0.341 e. The lowest BCUT2D eigenvalue weighted by Crippen LogP contribution is -2.44. The monoisotopic (exact) mass is 338 g/mol. The standard InChI is InChI=1S/C17H26N2O3S/c1-13-8-7-9-14(2)17(13)19(23(4,21)22)12-16(20)18(3)15-10-5-6-11-15/h7-9,15H,5-6,10-12H2,1-4H3. The smallest absolute Gasteiger partial charge is 0.243 e. The summed E-state index contributed by atoms with van der Waals surface area (Å²) >= 11 is 0. The molecule has 0 atom stereocenters. The molecule has 1 aromatic rings. The first-order valence-electron chi connectivity index (χ1n) is 8.01. The highest BCUT2D eigenvalue weighted by Gasteiger charge is 2.28. The summed E-state index contributed by atoms with van der Waals surface area (Å²) in [7, 11) is -1.75. The maximum absolute atomic E-state index is 12.6. The van der Waals surface area contributed by atoms with Crippen LogP contribution in [0.1, 0.15) is 36.8 Å². The zero-order chi connectivity index (χ0) is 17.2. The molecule has 5 nitrogen and oxygen atoms in total. The maximum atomic E-state index is 12.6. The van der Waals surface area contributed by atoms with Crippen LogP contribution in [0.5, 0.6) is 0 Å². The summed E-state index contributed by atoms with van der Waals surface area (Å²) in [5.41, 5.74) is 2.32. The molecule has 1 fully saturated rings. The number of anilines is 1. The lowest BCUT2D eigenvalue weighted by atomic mass is 10.1. The van der Waals surface area contributed by atoms with Gasteiger partial charge in [-0.1, -0.05) is 31.0 Å². The van der Waals surface area contributed by atoms with Crippen LogP contribution in [-0.4, -0.2) is 45.1 Å².